The number of carbonyl (C=O) groups is 3. The molecule has 2 aliphatic rings. The molecule has 0 aliphatic carbocycles. The highest BCUT2D eigenvalue weighted by Gasteiger charge is 2.57. The van der Waals surface area contributed by atoms with Crippen LogP contribution in [0.1, 0.15) is 34.5 Å². The van der Waals surface area contributed by atoms with E-state index >= 15 is 0 Å². The standard InChI is InChI=1S/C25H24ClN3O4/c1-33-24(32)25(21-16(12-13-27-25)15-7-3-5-11-20(15)28-21)18-9-6-14-29(23(18)31)22(30)17-8-2-4-10-19(17)26/h2-5,7-8,10-11,18,27-28H,6,9,12-14H2,1H3/t18-,25+/m0/s1. The second-order valence-corrected chi connectivity index (χ2v) is 8.88. The number of imide groups is 1. The number of halogens is 1. The maximum absolute atomic E-state index is 13.8. The van der Waals surface area contributed by atoms with E-state index in [2.05, 4.69) is 10.3 Å². The van der Waals surface area contributed by atoms with Gasteiger partial charge in [-0.15, -0.1) is 0 Å². The van der Waals surface area contributed by atoms with Gasteiger partial charge in [0, 0.05) is 24.0 Å². The Labute approximate surface area is 196 Å². The molecule has 5 rings (SSSR count). The molecule has 2 amide bonds. The van der Waals surface area contributed by atoms with Crippen molar-refractivity contribution in [2.75, 3.05) is 20.2 Å². The molecule has 3 heterocycles. The van der Waals surface area contributed by atoms with Crippen molar-refractivity contribution in [3.05, 3.63) is 70.4 Å². The van der Waals surface area contributed by atoms with Gasteiger partial charge >= 0.3 is 5.97 Å². The Hall–Kier alpha value is -3.16. The van der Waals surface area contributed by atoms with Crippen molar-refractivity contribution in [2.24, 2.45) is 5.92 Å². The number of nitrogens with one attached hydrogen (secondary N) is 2. The first-order valence-electron chi connectivity index (χ1n) is 11.0. The summed E-state index contributed by atoms with van der Waals surface area (Å²) < 4.78 is 5.25. The van der Waals surface area contributed by atoms with E-state index in [1.807, 2.05) is 24.3 Å². The molecule has 0 saturated carbocycles. The number of rotatable bonds is 3. The number of ether oxygens (including phenoxy) is 1. The molecule has 0 radical (unpaired) electrons. The number of aromatic nitrogens is 1. The summed E-state index contributed by atoms with van der Waals surface area (Å²) in [5, 5.41) is 4.63. The lowest BCUT2D eigenvalue weighted by molar-refractivity contribution is -0.159. The summed E-state index contributed by atoms with van der Waals surface area (Å²) >= 11 is 6.23. The first kappa shape index (κ1) is 21.7. The highest BCUT2D eigenvalue weighted by molar-refractivity contribution is 6.34. The lowest BCUT2D eigenvalue weighted by atomic mass is 9.72. The van der Waals surface area contributed by atoms with E-state index in [-0.39, 0.29) is 17.1 Å². The maximum Gasteiger partial charge on any atom is 0.333 e. The van der Waals surface area contributed by atoms with Crippen molar-refractivity contribution in [2.45, 2.75) is 24.8 Å². The highest BCUT2D eigenvalue weighted by Crippen LogP contribution is 2.43. The number of benzene rings is 2. The fraction of sp³-hybridized carbons (Fsp3) is 0.320. The first-order valence-corrected chi connectivity index (χ1v) is 11.4. The molecule has 1 aromatic heterocycles. The number of esters is 1. The minimum Gasteiger partial charge on any atom is -0.467 e. The van der Waals surface area contributed by atoms with Gasteiger partial charge in [0.25, 0.3) is 5.91 Å². The van der Waals surface area contributed by atoms with Gasteiger partial charge in [-0.3, -0.25) is 19.8 Å². The van der Waals surface area contributed by atoms with Crippen LogP contribution in [0, 0.1) is 5.92 Å². The third kappa shape index (κ3) is 3.26. The summed E-state index contributed by atoms with van der Waals surface area (Å²) in [6, 6.07) is 14.5. The van der Waals surface area contributed by atoms with Gasteiger partial charge in [-0.25, -0.2) is 4.79 Å². The van der Waals surface area contributed by atoms with Gasteiger partial charge in [0.05, 0.1) is 29.3 Å². The van der Waals surface area contributed by atoms with Crippen molar-refractivity contribution < 1.29 is 19.1 Å². The molecule has 2 atom stereocenters. The number of piperidine rings is 1. The summed E-state index contributed by atoms with van der Waals surface area (Å²) in [6.45, 7) is 0.780. The summed E-state index contributed by atoms with van der Waals surface area (Å²) in [7, 11) is 1.32. The third-order valence-corrected chi connectivity index (χ3v) is 7.13. The molecule has 7 nitrogen and oxygen atoms in total. The molecule has 1 fully saturated rings. The topological polar surface area (TPSA) is 91.5 Å². The van der Waals surface area contributed by atoms with E-state index < -0.39 is 29.2 Å². The van der Waals surface area contributed by atoms with E-state index in [4.69, 9.17) is 16.3 Å². The molecule has 0 bridgehead atoms. The predicted molar refractivity (Wildman–Crippen MR) is 124 cm³/mol. The minimum atomic E-state index is -1.40. The molecule has 2 aromatic carbocycles. The lowest BCUT2D eigenvalue weighted by Crippen LogP contribution is -2.63. The van der Waals surface area contributed by atoms with Crippen LogP contribution in [-0.2, 0) is 26.3 Å². The number of fused-ring (bicyclic) bond motifs is 3. The Bertz CT molecular complexity index is 1270. The van der Waals surface area contributed by atoms with Crippen LogP contribution in [0.15, 0.2) is 48.5 Å². The lowest BCUT2D eigenvalue weighted by Gasteiger charge is -2.44. The molecule has 2 N–H and O–H groups in total. The van der Waals surface area contributed by atoms with E-state index in [9.17, 15) is 14.4 Å². The smallest absolute Gasteiger partial charge is 0.333 e. The zero-order valence-corrected chi connectivity index (χ0v) is 18.9. The number of nitrogens with zero attached hydrogens (tertiary/aromatic N) is 1. The quantitative estimate of drug-likeness (QED) is 0.457. The summed E-state index contributed by atoms with van der Waals surface area (Å²) in [5.74, 6) is -2.21. The van der Waals surface area contributed by atoms with Crippen LogP contribution < -0.4 is 5.32 Å². The van der Waals surface area contributed by atoms with Crippen LogP contribution in [0.5, 0.6) is 0 Å². The number of amides is 2. The largest absolute Gasteiger partial charge is 0.467 e. The van der Waals surface area contributed by atoms with Crippen molar-refractivity contribution in [1.82, 2.24) is 15.2 Å². The number of likely N-dealkylation sites (tertiary alicyclic amines) is 1. The van der Waals surface area contributed by atoms with E-state index in [0.29, 0.717) is 31.5 Å². The predicted octanol–water partition coefficient (Wildman–Crippen LogP) is 3.41. The molecule has 1 saturated heterocycles. The van der Waals surface area contributed by atoms with Crippen molar-refractivity contribution >= 4 is 40.3 Å². The zero-order chi connectivity index (χ0) is 23.2. The second kappa shape index (κ2) is 8.32. The summed E-state index contributed by atoms with van der Waals surface area (Å²) in [4.78, 5) is 45.1. The van der Waals surface area contributed by atoms with Crippen molar-refractivity contribution in [3.63, 3.8) is 0 Å². The van der Waals surface area contributed by atoms with Gasteiger partial charge in [-0.2, -0.15) is 0 Å². The Morgan fingerprint density at radius 1 is 1.15 bits per heavy atom. The average Bonchev–Trinajstić information content (AvgIpc) is 3.23. The summed E-state index contributed by atoms with van der Waals surface area (Å²) in [6.07, 6.45) is 1.73. The van der Waals surface area contributed by atoms with Crippen molar-refractivity contribution in [1.29, 1.82) is 0 Å². The monoisotopic (exact) mass is 465 g/mol. The molecule has 33 heavy (non-hydrogen) atoms. The first-order chi connectivity index (χ1) is 16.0. The minimum absolute atomic E-state index is 0.267. The number of methoxy groups -OCH3 is 1. The molecule has 0 spiro atoms. The van der Waals surface area contributed by atoms with Gasteiger partial charge in [-0.05, 0) is 43.0 Å². The van der Waals surface area contributed by atoms with Gasteiger partial charge < -0.3 is 9.72 Å². The second-order valence-electron chi connectivity index (χ2n) is 8.47. The number of hydrogen-bond acceptors (Lipinski definition) is 5. The molecule has 2 aliphatic heterocycles. The van der Waals surface area contributed by atoms with Crippen LogP contribution in [0.25, 0.3) is 10.9 Å². The van der Waals surface area contributed by atoms with Crippen LogP contribution in [0.4, 0.5) is 0 Å². The van der Waals surface area contributed by atoms with Crippen molar-refractivity contribution in [3.8, 4) is 0 Å². The number of para-hydroxylation sites is 1. The van der Waals surface area contributed by atoms with Gasteiger partial charge in [-0.1, -0.05) is 41.9 Å². The Morgan fingerprint density at radius 2 is 1.91 bits per heavy atom. The number of aromatic amines is 1. The molecule has 3 aromatic rings. The van der Waals surface area contributed by atoms with E-state index in [1.54, 1.807) is 24.3 Å². The van der Waals surface area contributed by atoms with Gasteiger partial charge in [0.1, 0.15) is 0 Å². The summed E-state index contributed by atoms with van der Waals surface area (Å²) in [5.41, 5.74) is 1.40. The maximum atomic E-state index is 13.8. The normalized spacial score (nSPS) is 22.8. The molecule has 0 unspecified atom stereocenters. The number of H-pyrrole nitrogens is 1. The Morgan fingerprint density at radius 3 is 2.70 bits per heavy atom. The molecule has 8 heteroatoms. The Kier molecular flexibility index (Phi) is 5.46. The fourth-order valence-corrected chi connectivity index (χ4v) is 5.52. The zero-order valence-electron chi connectivity index (χ0n) is 18.2. The van der Waals surface area contributed by atoms with Crippen LogP contribution in [0.2, 0.25) is 5.02 Å². The van der Waals surface area contributed by atoms with E-state index in [0.717, 1.165) is 16.5 Å². The van der Waals surface area contributed by atoms with E-state index in [1.165, 1.54) is 12.0 Å². The number of hydrogen-bond donors (Lipinski definition) is 2. The van der Waals surface area contributed by atoms with Crippen LogP contribution in [0.3, 0.4) is 0 Å². The third-order valence-electron chi connectivity index (χ3n) is 6.80. The highest BCUT2D eigenvalue weighted by atomic mass is 35.5. The van der Waals surface area contributed by atoms with Crippen LogP contribution >= 0.6 is 11.6 Å². The fourth-order valence-electron chi connectivity index (χ4n) is 5.30. The van der Waals surface area contributed by atoms with Crippen LogP contribution in [-0.4, -0.2) is 47.9 Å². The molecular weight excluding hydrogens is 442 g/mol. The SMILES string of the molecule is COC(=O)[C@]1([C@H]2CCCN(C(=O)c3ccccc3Cl)C2=O)NCCc2c1[nH]c1ccccc21. The molecular formula is C25H24ClN3O4. The Balaban J connectivity index is 1.61. The molecule has 170 valence electrons. The number of carbonyl (C=O) groups excluding carboxylic acids is 3. The van der Waals surface area contributed by atoms with Gasteiger partial charge in [0.15, 0.2) is 5.54 Å². The van der Waals surface area contributed by atoms with Gasteiger partial charge in [0.2, 0.25) is 5.91 Å². The average molecular weight is 466 g/mol.